The lowest BCUT2D eigenvalue weighted by Crippen LogP contribution is -2.26. The van der Waals surface area contributed by atoms with Crippen LogP contribution in [0.1, 0.15) is 32.1 Å². The SMILES string of the molecule is C=C[C@@H]1CCC[C@@H]2[C@@H]1CC1=CC(=O)C[C@H]12. The van der Waals surface area contributed by atoms with Crippen molar-refractivity contribution in [2.75, 3.05) is 0 Å². The molecule has 0 aromatic carbocycles. The summed E-state index contributed by atoms with van der Waals surface area (Å²) in [5.74, 6) is 3.30. The number of hydrogen-bond acceptors (Lipinski definition) is 1. The molecule has 3 aliphatic carbocycles. The molecule has 0 N–H and O–H groups in total. The van der Waals surface area contributed by atoms with Crippen LogP contribution in [0.15, 0.2) is 24.3 Å². The number of carbonyl (C=O) groups excluding carboxylic acids is 1. The van der Waals surface area contributed by atoms with Gasteiger partial charge >= 0.3 is 0 Å². The topological polar surface area (TPSA) is 17.1 Å². The maximum atomic E-state index is 11.4. The number of fused-ring (bicyclic) bond motifs is 3. The van der Waals surface area contributed by atoms with Gasteiger partial charge in [0.25, 0.3) is 0 Å². The molecule has 2 saturated carbocycles. The fourth-order valence-electron chi connectivity index (χ4n) is 4.06. The van der Waals surface area contributed by atoms with Crippen molar-refractivity contribution < 1.29 is 4.79 Å². The van der Waals surface area contributed by atoms with E-state index >= 15 is 0 Å². The molecule has 2 fully saturated rings. The van der Waals surface area contributed by atoms with Crippen LogP contribution in [-0.2, 0) is 4.79 Å². The predicted octanol–water partition coefficient (Wildman–Crippen LogP) is 3.12. The fraction of sp³-hybridized carbons (Fsp3) is 0.643. The summed E-state index contributed by atoms with van der Waals surface area (Å²) >= 11 is 0. The molecular weight excluding hydrogens is 184 g/mol. The average molecular weight is 202 g/mol. The second kappa shape index (κ2) is 3.33. The lowest BCUT2D eigenvalue weighted by atomic mass is 9.71. The summed E-state index contributed by atoms with van der Waals surface area (Å²) in [6, 6.07) is 0. The molecule has 0 unspecified atom stereocenters. The van der Waals surface area contributed by atoms with Crippen LogP contribution in [-0.4, -0.2) is 5.78 Å². The first-order valence-electron chi connectivity index (χ1n) is 6.15. The molecule has 1 nitrogen and oxygen atoms in total. The first-order valence-corrected chi connectivity index (χ1v) is 6.15. The van der Waals surface area contributed by atoms with Gasteiger partial charge in [-0.3, -0.25) is 4.79 Å². The van der Waals surface area contributed by atoms with Crippen molar-refractivity contribution in [3.63, 3.8) is 0 Å². The molecule has 0 bridgehead atoms. The zero-order valence-electron chi connectivity index (χ0n) is 9.11. The highest BCUT2D eigenvalue weighted by Crippen LogP contribution is 2.54. The van der Waals surface area contributed by atoms with Crippen molar-refractivity contribution in [1.29, 1.82) is 0 Å². The summed E-state index contributed by atoms with van der Waals surface area (Å²) in [5, 5.41) is 0. The van der Waals surface area contributed by atoms with E-state index in [4.69, 9.17) is 0 Å². The Kier molecular flexibility index (Phi) is 2.08. The monoisotopic (exact) mass is 202 g/mol. The lowest BCUT2D eigenvalue weighted by molar-refractivity contribution is -0.114. The van der Waals surface area contributed by atoms with Crippen molar-refractivity contribution in [3.8, 4) is 0 Å². The Bertz CT molecular complexity index is 339. The first-order chi connectivity index (χ1) is 7.29. The summed E-state index contributed by atoms with van der Waals surface area (Å²) in [7, 11) is 0. The van der Waals surface area contributed by atoms with Crippen LogP contribution in [0.4, 0.5) is 0 Å². The van der Waals surface area contributed by atoms with E-state index in [-0.39, 0.29) is 0 Å². The summed E-state index contributed by atoms with van der Waals surface area (Å²) in [6.07, 6.45) is 10.1. The average Bonchev–Trinajstić information content (AvgIpc) is 2.73. The van der Waals surface area contributed by atoms with Gasteiger partial charge in [-0.05, 0) is 49.0 Å². The number of ketones is 1. The van der Waals surface area contributed by atoms with Crippen LogP contribution in [0.25, 0.3) is 0 Å². The molecule has 0 heterocycles. The molecule has 0 aromatic rings. The second-order valence-corrected chi connectivity index (χ2v) is 5.36. The summed E-state index contributed by atoms with van der Waals surface area (Å²) in [6.45, 7) is 3.97. The van der Waals surface area contributed by atoms with E-state index in [2.05, 4.69) is 12.7 Å². The Balaban J connectivity index is 1.89. The molecule has 80 valence electrons. The van der Waals surface area contributed by atoms with Gasteiger partial charge < -0.3 is 0 Å². The van der Waals surface area contributed by atoms with Gasteiger partial charge in [0, 0.05) is 6.42 Å². The highest BCUT2D eigenvalue weighted by atomic mass is 16.1. The van der Waals surface area contributed by atoms with E-state index < -0.39 is 0 Å². The van der Waals surface area contributed by atoms with Crippen LogP contribution in [0, 0.1) is 23.7 Å². The molecule has 15 heavy (non-hydrogen) atoms. The van der Waals surface area contributed by atoms with Crippen LogP contribution >= 0.6 is 0 Å². The van der Waals surface area contributed by atoms with Crippen LogP contribution in [0.3, 0.4) is 0 Å². The van der Waals surface area contributed by atoms with Crippen molar-refractivity contribution in [3.05, 3.63) is 24.3 Å². The van der Waals surface area contributed by atoms with E-state index in [0.717, 1.165) is 18.3 Å². The maximum Gasteiger partial charge on any atom is 0.156 e. The van der Waals surface area contributed by atoms with Gasteiger partial charge in [0.1, 0.15) is 0 Å². The molecule has 4 atom stereocenters. The van der Waals surface area contributed by atoms with Crippen molar-refractivity contribution >= 4 is 5.78 Å². The molecule has 3 aliphatic rings. The highest BCUT2D eigenvalue weighted by Gasteiger charge is 2.46. The Labute approximate surface area is 91.2 Å². The second-order valence-electron chi connectivity index (χ2n) is 5.36. The summed E-state index contributed by atoms with van der Waals surface area (Å²) < 4.78 is 0. The molecule has 0 amide bonds. The van der Waals surface area contributed by atoms with Crippen molar-refractivity contribution in [2.45, 2.75) is 32.1 Å². The largest absolute Gasteiger partial charge is 0.295 e. The Morgan fingerprint density at radius 2 is 2.13 bits per heavy atom. The summed E-state index contributed by atoms with van der Waals surface area (Å²) in [5.41, 5.74) is 1.46. The number of allylic oxidation sites excluding steroid dienone is 3. The van der Waals surface area contributed by atoms with Gasteiger partial charge in [-0.1, -0.05) is 18.1 Å². The smallest absolute Gasteiger partial charge is 0.156 e. The molecular formula is C14H18O. The van der Waals surface area contributed by atoms with Gasteiger partial charge in [0.15, 0.2) is 5.78 Å². The molecule has 0 spiro atoms. The third-order valence-electron chi connectivity index (χ3n) is 4.71. The van der Waals surface area contributed by atoms with E-state index in [0.29, 0.717) is 17.6 Å². The minimum absolute atomic E-state index is 0.370. The predicted molar refractivity (Wildman–Crippen MR) is 60.3 cm³/mol. The van der Waals surface area contributed by atoms with Gasteiger partial charge in [0.2, 0.25) is 0 Å². The van der Waals surface area contributed by atoms with E-state index in [1.807, 2.05) is 6.08 Å². The fourth-order valence-corrected chi connectivity index (χ4v) is 4.06. The third-order valence-corrected chi connectivity index (χ3v) is 4.71. The molecule has 0 aliphatic heterocycles. The quantitative estimate of drug-likeness (QED) is 0.597. The minimum Gasteiger partial charge on any atom is -0.295 e. The van der Waals surface area contributed by atoms with Crippen molar-refractivity contribution in [2.24, 2.45) is 23.7 Å². The Morgan fingerprint density at radius 1 is 1.27 bits per heavy atom. The molecule has 0 saturated heterocycles. The summed E-state index contributed by atoms with van der Waals surface area (Å²) in [4.78, 5) is 11.4. The first kappa shape index (κ1) is 9.38. The van der Waals surface area contributed by atoms with Crippen LogP contribution < -0.4 is 0 Å². The van der Waals surface area contributed by atoms with Crippen molar-refractivity contribution in [1.82, 2.24) is 0 Å². The third kappa shape index (κ3) is 1.32. The zero-order chi connectivity index (χ0) is 10.4. The van der Waals surface area contributed by atoms with E-state index in [1.165, 1.54) is 31.3 Å². The van der Waals surface area contributed by atoms with E-state index in [1.54, 1.807) is 0 Å². The molecule has 1 heteroatoms. The lowest BCUT2D eigenvalue weighted by Gasteiger charge is -2.33. The van der Waals surface area contributed by atoms with Gasteiger partial charge in [0.05, 0.1) is 0 Å². The number of carbonyl (C=O) groups is 1. The van der Waals surface area contributed by atoms with Gasteiger partial charge in [-0.2, -0.15) is 0 Å². The highest BCUT2D eigenvalue weighted by molar-refractivity contribution is 5.93. The maximum absolute atomic E-state index is 11.4. The number of hydrogen-bond donors (Lipinski definition) is 0. The van der Waals surface area contributed by atoms with Gasteiger partial charge in [-0.15, -0.1) is 6.58 Å². The van der Waals surface area contributed by atoms with E-state index in [9.17, 15) is 4.79 Å². The Morgan fingerprint density at radius 3 is 2.93 bits per heavy atom. The molecule has 0 aromatic heterocycles. The standard InChI is InChI=1S/C14H18O/c1-2-9-4-3-5-12-13(9)7-10-6-11(15)8-14(10)12/h2,6,9,12-14H,1,3-5,7-8H2/t9-,12-,13-,14-/m1/s1. The van der Waals surface area contributed by atoms with Gasteiger partial charge in [-0.25, -0.2) is 0 Å². The van der Waals surface area contributed by atoms with Crippen LogP contribution in [0.5, 0.6) is 0 Å². The van der Waals surface area contributed by atoms with Crippen LogP contribution in [0.2, 0.25) is 0 Å². The molecule has 3 rings (SSSR count). The zero-order valence-corrected chi connectivity index (χ0v) is 9.11. The normalized spacial score (nSPS) is 43.5. The minimum atomic E-state index is 0.370. The Hall–Kier alpha value is -0.850. The number of rotatable bonds is 1. The molecule has 0 radical (unpaired) electrons.